The number of alkyl halides is 2. The molecule has 3 rings (SSSR count). The third kappa shape index (κ3) is 3.71. The Morgan fingerprint density at radius 3 is 2.70 bits per heavy atom. The summed E-state index contributed by atoms with van der Waals surface area (Å²) in [6, 6.07) is 9.25. The van der Waals surface area contributed by atoms with Crippen LogP contribution in [0.25, 0.3) is 5.57 Å². The van der Waals surface area contributed by atoms with Crippen LogP contribution in [0.15, 0.2) is 42.6 Å². The summed E-state index contributed by atoms with van der Waals surface area (Å²) < 4.78 is 31.6. The van der Waals surface area contributed by atoms with Crippen LogP contribution in [-0.2, 0) is 6.61 Å². The molecule has 1 atom stereocenters. The van der Waals surface area contributed by atoms with Crippen molar-refractivity contribution in [2.24, 2.45) is 0 Å². The summed E-state index contributed by atoms with van der Waals surface area (Å²) in [5, 5.41) is 9.55. The summed E-state index contributed by atoms with van der Waals surface area (Å²) in [5.74, 6) is -0.163. The molecule has 4 nitrogen and oxygen atoms in total. The van der Waals surface area contributed by atoms with Crippen molar-refractivity contribution in [2.75, 3.05) is 0 Å². The van der Waals surface area contributed by atoms with Crippen LogP contribution in [0.5, 0.6) is 5.88 Å². The highest BCUT2D eigenvalue weighted by Gasteiger charge is 2.21. The van der Waals surface area contributed by atoms with Crippen LogP contribution < -0.4 is 4.74 Å². The van der Waals surface area contributed by atoms with Gasteiger partial charge in [0.25, 0.3) is 6.43 Å². The van der Waals surface area contributed by atoms with Crippen molar-refractivity contribution in [1.82, 2.24) is 9.97 Å². The Labute approximate surface area is 132 Å². The monoisotopic (exact) mass is 318 g/mol. The van der Waals surface area contributed by atoms with Gasteiger partial charge in [0, 0.05) is 0 Å². The smallest absolute Gasteiger partial charge is 0.285 e. The molecule has 0 bridgehead atoms. The molecule has 0 fully saturated rings. The molecule has 1 N–H and O–H groups in total. The van der Waals surface area contributed by atoms with Crippen molar-refractivity contribution in [3.8, 4) is 5.88 Å². The number of aliphatic hydroxyl groups is 1. The van der Waals surface area contributed by atoms with Gasteiger partial charge in [-0.15, -0.1) is 0 Å². The number of ether oxygens (including phenoxy) is 1. The molecule has 0 aliphatic heterocycles. The number of halogens is 2. The number of hydrogen-bond acceptors (Lipinski definition) is 4. The van der Waals surface area contributed by atoms with E-state index in [-0.39, 0.29) is 12.5 Å². The van der Waals surface area contributed by atoms with Gasteiger partial charge in [-0.2, -0.15) is 0 Å². The summed E-state index contributed by atoms with van der Waals surface area (Å²) in [4.78, 5) is 7.98. The Kier molecular flexibility index (Phi) is 4.62. The summed E-state index contributed by atoms with van der Waals surface area (Å²) in [7, 11) is 0. The maximum atomic E-state index is 13.1. The highest BCUT2D eigenvalue weighted by Crippen LogP contribution is 2.31. The fourth-order valence-electron chi connectivity index (χ4n) is 2.43. The SMILES string of the molecule is OC1C=C(c2cnc(C(F)F)c(OCc3ccccc3)n2)CC1. The van der Waals surface area contributed by atoms with Gasteiger partial charge in [0.15, 0.2) is 5.69 Å². The Balaban J connectivity index is 1.85. The predicted molar refractivity (Wildman–Crippen MR) is 81.0 cm³/mol. The molecule has 1 aromatic carbocycles. The minimum absolute atomic E-state index is 0.139. The minimum atomic E-state index is -2.76. The van der Waals surface area contributed by atoms with E-state index in [4.69, 9.17) is 4.74 Å². The molecule has 1 unspecified atom stereocenters. The van der Waals surface area contributed by atoms with Crippen LogP contribution >= 0.6 is 0 Å². The molecule has 0 spiro atoms. The zero-order valence-corrected chi connectivity index (χ0v) is 12.3. The predicted octanol–water partition coefficient (Wildman–Crippen LogP) is 3.53. The first-order valence-corrected chi connectivity index (χ1v) is 7.34. The molecular weight excluding hydrogens is 302 g/mol. The van der Waals surface area contributed by atoms with E-state index in [2.05, 4.69) is 9.97 Å². The largest absolute Gasteiger partial charge is 0.471 e. The number of aromatic nitrogens is 2. The summed E-state index contributed by atoms with van der Waals surface area (Å²) in [6.07, 6.45) is 0.949. The average Bonchev–Trinajstić information content (AvgIpc) is 3.00. The molecule has 1 aromatic heterocycles. The van der Waals surface area contributed by atoms with Gasteiger partial charge in [-0.1, -0.05) is 36.4 Å². The molecule has 0 saturated carbocycles. The van der Waals surface area contributed by atoms with E-state index in [1.54, 1.807) is 6.08 Å². The van der Waals surface area contributed by atoms with E-state index >= 15 is 0 Å². The van der Waals surface area contributed by atoms with Crippen molar-refractivity contribution < 1.29 is 18.6 Å². The van der Waals surface area contributed by atoms with E-state index in [0.717, 1.165) is 11.1 Å². The molecule has 1 heterocycles. The first-order valence-electron chi connectivity index (χ1n) is 7.34. The maximum Gasteiger partial charge on any atom is 0.285 e. The quantitative estimate of drug-likeness (QED) is 0.916. The molecule has 1 aliphatic rings. The second-order valence-electron chi connectivity index (χ2n) is 5.32. The molecule has 0 radical (unpaired) electrons. The van der Waals surface area contributed by atoms with E-state index < -0.39 is 18.2 Å². The van der Waals surface area contributed by atoms with Crippen LogP contribution in [0.1, 0.15) is 36.2 Å². The lowest BCUT2D eigenvalue weighted by Gasteiger charge is -2.11. The summed E-state index contributed by atoms with van der Waals surface area (Å²) >= 11 is 0. The van der Waals surface area contributed by atoms with Gasteiger partial charge < -0.3 is 9.84 Å². The standard InChI is InChI=1S/C17H16F2N2O2/c18-16(19)15-17(23-10-11-4-2-1-3-5-11)21-14(9-20-15)12-6-7-13(22)8-12/h1-5,8-9,13,16,22H,6-7,10H2. The Bertz CT molecular complexity index is 705. The van der Waals surface area contributed by atoms with Gasteiger partial charge >= 0.3 is 0 Å². The van der Waals surface area contributed by atoms with Gasteiger partial charge in [0.05, 0.1) is 18.0 Å². The lowest BCUT2D eigenvalue weighted by molar-refractivity contribution is 0.137. The number of aliphatic hydroxyl groups excluding tert-OH is 1. The number of nitrogens with zero attached hydrogens (tertiary/aromatic N) is 2. The van der Waals surface area contributed by atoms with E-state index in [9.17, 15) is 13.9 Å². The third-order valence-corrected chi connectivity index (χ3v) is 3.62. The Morgan fingerprint density at radius 1 is 1.26 bits per heavy atom. The van der Waals surface area contributed by atoms with Crippen LogP contribution in [0.4, 0.5) is 8.78 Å². The van der Waals surface area contributed by atoms with Crippen molar-refractivity contribution in [3.05, 3.63) is 59.6 Å². The molecule has 6 heteroatoms. The molecule has 0 amide bonds. The second-order valence-corrected chi connectivity index (χ2v) is 5.32. The first-order chi connectivity index (χ1) is 11.1. The van der Waals surface area contributed by atoms with Gasteiger partial charge in [-0.3, -0.25) is 0 Å². The lowest BCUT2D eigenvalue weighted by atomic mass is 10.2. The highest BCUT2D eigenvalue weighted by atomic mass is 19.3. The molecular formula is C17H16F2N2O2. The number of benzene rings is 1. The second kappa shape index (κ2) is 6.83. The Morgan fingerprint density at radius 2 is 2.04 bits per heavy atom. The fraction of sp³-hybridized carbons (Fsp3) is 0.294. The minimum Gasteiger partial charge on any atom is -0.471 e. The lowest BCUT2D eigenvalue weighted by Crippen LogP contribution is -2.05. The third-order valence-electron chi connectivity index (χ3n) is 3.62. The number of allylic oxidation sites excluding steroid dienone is 1. The van der Waals surface area contributed by atoms with Crippen LogP contribution in [0.2, 0.25) is 0 Å². The van der Waals surface area contributed by atoms with E-state index in [1.807, 2.05) is 30.3 Å². The summed E-state index contributed by atoms with van der Waals surface area (Å²) in [5.41, 5.74) is 1.66. The molecule has 120 valence electrons. The van der Waals surface area contributed by atoms with E-state index in [0.29, 0.717) is 18.5 Å². The van der Waals surface area contributed by atoms with Gasteiger partial charge in [-0.05, 0) is 24.0 Å². The summed E-state index contributed by atoms with van der Waals surface area (Å²) in [6.45, 7) is 0.139. The van der Waals surface area contributed by atoms with Crippen molar-refractivity contribution in [3.63, 3.8) is 0 Å². The molecule has 0 saturated heterocycles. The average molecular weight is 318 g/mol. The maximum absolute atomic E-state index is 13.1. The van der Waals surface area contributed by atoms with Crippen LogP contribution in [0.3, 0.4) is 0 Å². The topological polar surface area (TPSA) is 55.2 Å². The zero-order valence-electron chi connectivity index (χ0n) is 12.3. The zero-order chi connectivity index (χ0) is 16.2. The normalized spacial score (nSPS) is 17.4. The highest BCUT2D eigenvalue weighted by molar-refractivity contribution is 5.65. The van der Waals surface area contributed by atoms with Crippen molar-refractivity contribution >= 4 is 5.57 Å². The van der Waals surface area contributed by atoms with E-state index in [1.165, 1.54) is 6.20 Å². The van der Waals surface area contributed by atoms with Gasteiger partial charge in [-0.25, -0.2) is 18.7 Å². The number of rotatable bonds is 5. The van der Waals surface area contributed by atoms with Crippen LogP contribution in [0, 0.1) is 0 Å². The van der Waals surface area contributed by atoms with Gasteiger partial charge in [0.1, 0.15) is 6.61 Å². The number of hydrogen-bond donors (Lipinski definition) is 1. The molecule has 1 aliphatic carbocycles. The Hall–Kier alpha value is -2.34. The first kappa shape index (κ1) is 15.6. The van der Waals surface area contributed by atoms with Crippen LogP contribution in [-0.4, -0.2) is 21.2 Å². The van der Waals surface area contributed by atoms with Crippen molar-refractivity contribution in [2.45, 2.75) is 32.0 Å². The molecule has 2 aromatic rings. The molecule has 23 heavy (non-hydrogen) atoms. The van der Waals surface area contributed by atoms with Crippen molar-refractivity contribution in [1.29, 1.82) is 0 Å². The van der Waals surface area contributed by atoms with Gasteiger partial charge in [0.2, 0.25) is 5.88 Å². The fourth-order valence-corrected chi connectivity index (χ4v) is 2.43.